The van der Waals surface area contributed by atoms with Crippen LogP contribution in [0, 0.1) is 12.3 Å². The predicted octanol–water partition coefficient (Wildman–Crippen LogP) is 2.93. The average molecular weight is 342 g/mol. The highest BCUT2D eigenvalue weighted by Gasteiger charge is 2.39. The maximum atomic E-state index is 12.3. The van der Waals surface area contributed by atoms with Crippen molar-refractivity contribution < 1.29 is 14.3 Å². The summed E-state index contributed by atoms with van der Waals surface area (Å²) in [4.78, 5) is 16.5. The summed E-state index contributed by atoms with van der Waals surface area (Å²) in [5.41, 5.74) is -0.449. The summed E-state index contributed by atoms with van der Waals surface area (Å²) < 4.78 is 11.3. The molecular formula is C18H22N4O3. The lowest BCUT2D eigenvalue weighted by molar-refractivity contribution is -0.116. The molecule has 2 aliphatic heterocycles. The van der Waals surface area contributed by atoms with E-state index >= 15 is 0 Å². The van der Waals surface area contributed by atoms with Crippen molar-refractivity contribution in [1.29, 1.82) is 0 Å². The van der Waals surface area contributed by atoms with E-state index in [1.54, 1.807) is 12.3 Å². The van der Waals surface area contributed by atoms with E-state index in [9.17, 15) is 4.79 Å². The van der Waals surface area contributed by atoms with Gasteiger partial charge in [0, 0.05) is 44.7 Å². The van der Waals surface area contributed by atoms with Gasteiger partial charge >= 0.3 is 0 Å². The minimum absolute atomic E-state index is 0.0877. The molecule has 2 aliphatic rings. The van der Waals surface area contributed by atoms with Gasteiger partial charge in [-0.2, -0.15) is 10.2 Å². The number of amides is 1. The van der Waals surface area contributed by atoms with Crippen LogP contribution in [-0.4, -0.2) is 35.9 Å². The van der Waals surface area contributed by atoms with Crippen LogP contribution in [0.3, 0.4) is 0 Å². The predicted molar refractivity (Wildman–Crippen MR) is 92.2 cm³/mol. The first-order chi connectivity index (χ1) is 12.2. The smallest absolute Gasteiger partial charge is 0.225 e. The summed E-state index contributed by atoms with van der Waals surface area (Å²) in [6, 6.07) is 3.61. The Morgan fingerprint density at radius 1 is 1.40 bits per heavy atom. The van der Waals surface area contributed by atoms with Gasteiger partial charge in [0.1, 0.15) is 6.10 Å². The molecular weight excluding hydrogens is 320 g/mol. The summed E-state index contributed by atoms with van der Waals surface area (Å²) >= 11 is 0. The summed E-state index contributed by atoms with van der Waals surface area (Å²) in [7, 11) is 0. The first-order valence-corrected chi connectivity index (χ1v) is 8.58. The number of pyridine rings is 1. The van der Waals surface area contributed by atoms with E-state index in [4.69, 9.17) is 15.9 Å². The zero-order valence-electron chi connectivity index (χ0n) is 14.1. The number of carbonyl (C=O) groups excluding carboxylic acids is 1. The molecule has 7 nitrogen and oxygen atoms in total. The van der Waals surface area contributed by atoms with Gasteiger partial charge in [0.2, 0.25) is 5.91 Å². The van der Waals surface area contributed by atoms with Crippen LogP contribution < -0.4 is 10.1 Å². The SMILES string of the molecule is C#CCCC1(CCC(=O)Nc2ncccc2OC2CCOCC2)N=N1. The Morgan fingerprint density at radius 3 is 2.92 bits per heavy atom. The van der Waals surface area contributed by atoms with Crippen molar-refractivity contribution in [2.24, 2.45) is 10.2 Å². The number of nitrogens with one attached hydrogen (secondary N) is 1. The maximum Gasteiger partial charge on any atom is 0.225 e. The van der Waals surface area contributed by atoms with E-state index in [2.05, 4.69) is 26.4 Å². The minimum Gasteiger partial charge on any atom is -0.486 e. The number of nitrogens with zero attached hydrogens (tertiary/aromatic N) is 3. The second-order valence-corrected chi connectivity index (χ2v) is 6.21. The summed E-state index contributed by atoms with van der Waals surface area (Å²) in [5.74, 6) is 3.48. The third-order valence-electron chi connectivity index (χ3n) is 4.30. The van der Waals surface area contributed by atoms with Crippen LogP contribution in [0.2, 0.25) is 0 Å². The molecule has 132 valence electrons. The lowest BCUT2D eigenvalue weighted by Crippen LogP contribution is -2.26. The summed E-state index contributed by atoms with van der Waals surface area (Å²) in [6.07, 6.45) is 10.8. The van der Waals surface area contributed by atoms with Crippen molar-refractivity contribution in [2.75, 3.05) is 18.5 Å². The van der Waals surface area contributed by atoms with Crippen molar-refractivity contribution in [3.8, 4) is 18.1 Å². The average Bonchev–Trinajstić information content (AvgIpc) is 3.41. The van der Waals surface area contributed by atoms with Crippen LogP contribution in [0.4, 0.5) is 5.82 Å². The molecule has 0 aliphatic carbocycles. The van der Waals surface area contributed by atoms with Crippen molar-refractivity contribution in [3.63, 3.8) is 0 Å². The normalized spacial score (nSPS) is 18.4. The Hall–Kier alpha value is -2.46. The summed E-state index contributed by atoms with van der Waals surface area (Å²) in [6.45, 7) is 1.39. The third kappa shape index (κ3) is 5.00. The largest absolute Gasteiger partial charge is 0.486 e. The van der Waals surface area contributed by atoms with E-state index in [1.165, 1.54) is 0 Å². The molecule has 1 aromatic rings. The fraction of sp³-hybridized carbons (Fsp3) is 0.556. The molecule has 0 unspecified atom stereocenters. The van der Waals surface area contributed by atoms with Gasteiger partial charge in [-0.25, -0.2) is 4.98 Å². The van der Waals surface area contributed by atoms with Gasteiger partial charge in [-0.3, -0.25) is 4.79 Å². The summed E-state index contributed by atoms with van der Waals surface area (Å²) in [5, 5.41) is 10.9. The van der Waals surface area contributed by atoms with Crippen LogP contribution in [0.15, 0.2) is 28.6 Å². The molecule has 0 bridgehead atoms. The van der Waals surface area contributed by atoms with Gasteiger partial charge in [0.15, 0.2) is 17.2 Å². The molecule has 7 heteroatoms. The molecule has 0 atom stereocenters. The Balaban J connectivity index is 1.52. The molecule has 1 aromatic heterocycles. The maximum absolute atomic E-state index is 12.3. The molecule has 25 heavy (non-hydrogen) atoms. The van der Waals surface area contributed by atoms with Crippen molar-refractivity contribution in [2.45, 2.75) is 50.3 Å². The standard InChI is InChI=1S/C18H22N4O3/c1-2-3-9-18(21-22-18)10-6-16(23)20-17-15(5-4-11-19-17)25-14-7-12-24-13-8-14/h1,4-5,11,14H,3,6-10,12-13H2,(H,19,20,23). The Labute approximate surface area is 147 Å². The number of hydrogen-bond acceptors (Lipinski definition) is 6. The van der Waals surface area contributed by atoms with Crippen LogP contribution in [0.25, 0.3) is 0 Å². The number of rotatable bonds is 8. The van der Waals surface area contributed by atoms with Crippen LogP contribution in [0.1, 0.15) is 38.5 Å². The first kappa shape index (κ1) is 17.4. The topological polar surface area (TPSA) is 85.2 Å². The number of terminal acetylenes is 1. The van der Waals surface area contributed by atoms with Gasteiger partial charge in [0.05, 0.1) is 13.2 Å². The molecule has 1 saturated heterocycles. The molecule has 1 N–H and O–H groups in total. The number of carbonyl (C=O) groups is 1. The monoisotopic (exact) mass is 342 g/mol. The number of anilines is 1. The van der Waals surface area contributed by atoms with E-state index in [1.807, 2.05) is 6.07 Å². The third-order valence-corrected chi connectivity index (χ3v) is 4.30. The van der Waals surface area contributed by atoms with Gasteiger partial charge in [0.25, 0.3) is 0 Å². The fourth-order valence-corrected chi connectivity index (χ4v) is 2.73. The second-order valence-electron chi connectivity index (χ2n) is 6.21. The van der Waals surface area contributed by atoms with E-state index in [0.29, 0.717) is 50.5 Å². The number of hydrogen-bond donors (Lipinski definition) is 1. The number of ether oxygens (including phenoxy) is 2. The van der Waals surface area contributed by atoms with Crippen molar-refractivity contribution in [3.05, 3.63) is 18.3 Å². The van der Waals surface area contributed by atoms with Crippen LogP contribution in [-0.2, 0) is 9.53 Å². The van der Waals surface area contributed by atoms with E-state index in [0.717, 1.165) is 12.8 Å². The lowest BCUT2D eigenvalue weighted by Gasteiger charge is -2.24. The highest BCUT2D eigenvalue weighted by molar-refractivity contribution is 5.91. The zero-order chi connectivity index (χ0) is 17.5. The molecule has 0 spiro atoms. The van der Waals surface area contributed by atoms with Crippen molar-refractivity contribution in [1.82, 2.24) is 4.98 Å². The Bertz CT molecular complexity index is 671. The molecule has 3 heterocycles. The van der Waals surface area contributed by atoms with Gasteiger partial charge in [-0.1, -0.05) is 0 Å². The number of aromatic nitrogens is 1. The minimum atomic E-state index is -0.449. The molecule has 3 rings (SSSR count). The molecule has 1 fully saturated rings. The van der Waals surface area contributed by atoms with Crippen LogP contribution in [0.5, 0.6) is 5.75 Å². The Kier molecular flexibility index (Phi) is 5.61. The van der Waals surface area contributed by atoms with Crippen LogP contribution >= 0.6 is 0 Å². The Morgan fingerprint density at radius 2 is 2.20 bits per heavy atom. The van der Waals surface area contributed by atoms with Gasteiger partial charge in [-0.05, 0) is 12.1 Å². The molecule has 0 aromatic carbocycles. The molecule has 0 saturated carbocycles. The zero-order valence-corrected chi connectivity index (χ0v) is 14.1. The highest BCUT2D eigenvalue weighted by Crippen LogP contribution is 2.37. The quantitative estimate of drug-likeness (QED) is 0.736. The van der Waals surface area contributed by atoms with Crippen molar-refractivity contribution >= 4 is 11.7 Å². The second kappa shape index (κ2) is 8.08. The fourth-order valence-electron chi connectivity index (χ4n) is 2.73. The lowest BCUT2D eigenvalue weighted by atomic mass is 10.0. The first-order valence-electron chi connectivity index (χ1n) is 8.58. The molecule has 1 amide bonds. The van der Waals surface area contributed by atoms with Gasteiger partial charge in [-0.15, -0.1) is 12.3 Å². The highest BCUT2D eigenvalue weighted by atomic mass is 16.5. The van der Waals surface area contributed by atoms with E-state index in [-0.39, 0.29) is 12.0 Å². The molecule has 0 radical (unpaired) electrons. The van der Waals surface area contributed by atoms with E-state index < -0.39 is 5.66 Å². The van der Waals surface area contributed by atoms with Gasteiger partial charge < -0.3 is 14.8 Å².